The van der Waals surface area contributed by atoms with Crippen LogP contribution < -0.4 is 0 Å². The third kappa shape index (κ3) is 0.642. The smallest absolute Gasteiger partial charge is 0.196 e. The molecule has 0 aliphatic heterocycles. The summed E-state index contributed by atoms with van der Waals surface area (Å²) in [7, 11) is 0. The molecule has 0 nitrogen and oxygen atoms in total. The van der Waals surface area contributed by atoms with E-state index in [2.05, 4.69) is 0 Å². The Bertz CT molecular complexity index is 194. The van der Waals surface area contributed by atoms with Crippen molar-refractivity contribution >= 4 is 0 Å². The molecular formula is C6H5F5. The summed E-state index contributed by atoms with van der Waals surface area (Å²) in [5, 5.41) is 0. The van der Waals surface area contributed by atoms with Crippen molar-refractivity contribution in [3.8, 4) is 0 Å². The normalized spacial score (nSPS) is 41.7. The largest absolute Gasteiger partial charge is 0.453 e. The second-order valence-corrected chi connectivity index (χ2v) is 3.33. The third-order valence-electron chi connectivity index (χ3n) is 2.66. The fourth-order valence-electron chi connectivity index (χ4n) is 1.50. The maximum absolute atomic E-state index is 12.4. The van der Waals surface area contributed by atoms with Gasteiger partial charge in [-0.15, -0.1) is 0 Å². The van der Waals surface area contributed by atoms with Gasteiger partial charge in [-0.2, -0.15) is 22.0 Å². The van der Waals surface area contributed by atoms with Gasteiger partial charge in [-0.05, 0) is 18.8 Å². The minimum Gasteiger partial charge on any atom is -0.196 e. The van der Waals surface area contributed by atoms with Crippen LogP contribution in [0.25, 0.3) is 0 Å². The van der Waals surface area contributed by atoms with Crippen LogP contribution in [-0.2, 0) is 0 Å². The SMILES string of the molecule is FC(F)(F)C(F)(F)C12CC1C2. The van der Waals surface area contributed by atoms with Gasteiger partial charge in [-0.1, -0.05) is 0 Å². The molecule has 2 rings (SSSR count). The van der Waals surface area contributed by atoms with Gasteiger partial charge < -0.3 is 0 Å². The summed E-state index contributed by atoms with van der Waals surface area (Å²) in [6.45, 7) is 0. The molecule has 0 spiro atoms. The number of halogens is 5. The van der Waals surface area contributed by atoms with Crippen LogP contribution in [-0.4, -0.2) is 12.1 Å². The van der Waals surface area contributed by atoms with Crippen LogP contribution in [0.3, 0.4) is 0 Å². The zero-order valence-electron chi connectivity index (χ0n) is 5.38. The van der Waals surface area contributed by atoms with Gasteiger partial charge in [0.2, 0.25) is 0 Å². The standard InChI is InChI=1S/C6H5F5/c7-5(8,6(9,10)11)4-1-3(4)2-4/h3H,1-2H2. The Hall–Kier alpha value is -0.350. The highest BCUT2D eigenvalue weighted by Crippen LogP contribution is 2.83. The lowest BCUT2D eigenvalue weighted by Crippen LogP contribution is -2.41. The maximum Gasteiger partial charge on any atom is 0.453 e. The van der Waals surface area contributed by atoms with Crippen molar-refractivity contribution in [2.24, 2.45) is 11.3 Å². The second kappa shape index (κ2) is 1.41. The van der Waals surface area contributed by atoms with E-state index in [0.29, 0.717) is 0 Å². The molecule has 64 valence electrons. The summed E-state index contributed by atoms with van der Waals surface area (Å²) in [6.07, 6.45) is -5.24. The van der Waals surface area contributed by atoms with Crippen LogP contribution in [0.2, 0.25) is 0 Å². The van der Waals surface area contributed by atoms with E-state index >= 15 is 0 Å². The minimum atomic E-state index is -5.35. The van der Waals surface area contributed by atoms with Crippen molar-refractivity contribution in [2.75, 3.05) is 0 Å². The first-order valence-corrected chi connectivity index (χ1v) is 3.26. The Morgan fingerprint density at radius 1 is 1.00 bits per heavy atom. The van der Waals surface area contributed by atoms with Gasteiger partial charge in [0.05, 0.1) is 0 Å². The first kappa shape index (κ1) is 7.31. The molecule has 0 aromatic carbocycles. The number of fused-ring (bicyclic) bond motifs is 1. The van der Waals surface area contributed by atoms with E-state index < -0.39 is 17.5 Å². The van der Waals surface area contributed by atoms with E-state index in [1.54, 1.807) is 0 Å². The number of hydrogen-bond donors (Lipinski definition) is 0. The number of alkyl halides is 5. The zero-order chi connectivity index (χ0) is 8.49. The first-order valence-electron chi connectivity index (χ1n) is 3.26. The molecule has 0 saturated heterocycles. The molecule has 0 aromatic rings. The van der Waals surface area contributed by atoms with E-state index in [1.165, 1.54) is 0 Å². The van der Waals surface area contributed by atoms with Crippen LogP contribution in [0.1, 0.15) is 12.8 Å². The van der Waals surface area contributed by atoms with Gasteiger partial charge in [-0.25, -0.2) is 0 Å². The number of hydrogen-bond acceptors (Lipinski definition) is 0. The molecule has 5 heteroatoms. The highest BCUT2D eigenvalue weighted by atomic mass is 19.4. The maximum atomic E-state index is 12.4. The number of rotatable bonds is 1. The van der Waals surface area contributed by atoms with Crippen molar-refractivity contribution < 1.29 is 22.0 Å². The van der Waals surface area contributed by atoms with Crippen LogP contribution in [0.15, 0.2) is 0 Å². The van der Waals surface area contributed by atoms with Gasteiger partial charge in [0.15, 0.2) is 0 Å². The van der Waals surface area contributed by atoms with E-state index in [1.807, 2.05) is 0 Å². The van der Waals surface area contributed by atoms with Crippen LogP contribution in [0.5, 0.6) is 0 Å². The molecule has 2 aliphatic rings. The summed E-state index contributed by atoms with van der Waals surface area (Å²) in [4.78, 5) is 0. The summed E-state index contributed by atoms with van der Waals surface area (Å²) in [6, 6.07) is 0. The zero-order valence-corrected chi connectivity index (χ0v) is 5.38. The highest BCUT2D eigenvalue weighted by molar-refractivity contribution is 5.26. The fourth-order valence-corrected chi connectivity index (χ4v) is 1.50. The highest BCUT2D eigenvalue weighted by Gasteiger charge is 2.88. The van der Waals surface area contributed by atoms with Crippen molar-refractivity contribution in [2.45, 2.75) is 24.9 Å². The molecule has 0 heterocycles. The minimum absolute atomic E-state index is 0.0551. The van der Waals surface area contributed by atoms with Crippen LogP contribution in [0.4, 0.5) is 22.0 Å². The second-order valence-electron chi connectivity index (χ2n) is 3.33. The summed E-state index contributed by atoms with van der Waals surface area (Å²) in [5.74, 6) is -4.79. The predicted molar refractivity (Wildman–Crippen MR) is 26.2 cm³/mol. The lowest BCUT2D eigenvalue weighted by molar-refractivity contribution is -0.300. The molecule has 0 unspecified atom stereocenters. The Labute approximate surface area is 59.4 Å². The Balaban J connectivity index is 2.21. The molecule has 0 atom stereocenters. The molecule has 0 radical (unpaired) electrons. The van der Waals surface area contributed by atoms with Crippen molar-refractivity contribution in [3.63, 3.8) is 0 Å². The van der Waals surface area contributed by atoms with E-state index in [4.69, 9.17) is 0 Å². The quantitative estimate of drug-likeness (QED) is 0.533. The third-order valence-corrected chi connectivity index (χ3v) is 2.66. The van der Waals surface area contributed by atoms with Gasteiger partial charge in [0, 0.05) is 5.41 Å². The lowest BCUT2D eigenvalue weighted by atomic mass is 10.1. The van der Waals surface area contributed by atoms with E-state index in [9.17, 15) is 22.0 Å². The van der Waals surface area contributed by atoms with Crippen molar-refractivity contribution in [1.29, 1.82) is 0 Å². The predicted octanol–water partition coefficient (Wildman–Crippen LogP) is 2.59. The van der Waals surface area contributed by atoms with Crippen molar-refractivity contribution in [3.05, 3.63) is 0 Å². The summed E-state index contributed by atoms with van der Waals surface area (Å²) in [5.41, 5.74) is -1.66. The van der Waals surface area contributed by atoms with E-state index in [0.717, 1.165) is 0 Å². The first-order chi connectivity index (χ1) is 4.81. The Kier molecular flexibility index (Phi) is 0.935. The van der Waals surface area contributed by atoms with Gasteiger partial charge >= 0.3 is 12.1 Å². The molecule has 0 amide bonds. The molecule has 2 aliphatic carbocycles. The van der Waals surface area contributed by atoms with Gasteiger partial charge in [0.1, 0.15) is 0 Å². The van der Waals surface area contributed by atoms with Crippen molar-refractivity contribution in [1.82, 2.24) is 0 Å². The van der Waals surface area contributed by atoms with E-state index in [-0.39, 0.29) is 18.8 Å². The monoisotopic (exact) mass is 172 g/mol. The summed E-state index contributed by atoms with van der Waals surface area (Å²) >= 11 is 0. The van der Waals surface area contributed by atoms with Crippen LogP contribution >= 0.6 is 0 Å². The summed E-state index contributed by atoms with van der Waals surface area (Å²) < 4.78 is 59.8. The van der Waals surface area contributed by atoms with Crippen LogP contribution in [0, 0.1) is 11.3 Å². The lowest BCUT2D eigenvalue weighted by Gasteiger charge is -2.22. The fraction of sp³-hybridized carbons (Fsp3) is 1.00. The average molecular weight is 172 g/mol. The average Bonchev–Trinajstić information content (AvgIpc) is 2.38. The molecule has 0 N–H and O–H groups in total. The Morgan fingerprint density at radius 2 is 1.36 bits per heavy atom. The molecule has 11 heavy (non-hydrogen) atoms. The molecule has 0 bridgehead atoms. The Morgan fingerprint density at radius 3 is 1.45 bits per heavy atom. The molecular weight excluding hydrogens is 167 g/mol. The molecule has 2 fully saturated rings. The van der Waals surface area contributed by atoms with Gasteiger partial charge in [-0.3, -0.25) is 0 Å². The van der Waals surface area contributed by atoms with Gasteiger partial charge in [0.25, 0.3) is 0 Å². The molecule has 2 saturated carbocycles. The molecule has 0 aromatic heterocycles. The topological polar surface area (TPSA) is 0 Å².